The number of hydrogen-bond donors (Lipinski definition) is 0. The molecule has 0 spiro atoms. The molecular weight excluding hydrogens is 368 g/mol. The van der Waals surface area contributed by atoms with E-state index >= 15 is 0 Å². The monoisotopic (exact) mass is 390 g/mol. The molecule has 0 bridgehead atoms. The fourth-order valence-corrected chi connectivity index (χ4v) is 3.38. The number of carbonyl (C=O) groups is 2. The summed E-state index contributed by atoms with van der Waals surface area (Å²) in [4.78, 5) is 30.3. The number of para-hydroxylation sites is 1. The molecule has 0 saturated carbocycles. The topological polar surface area (TPSA) is 72.6 Å². The molecule has 1 aliphatic rings. The Hall–Kier alpha value is -3.41. The van der Waals surface area contributed by atoms with Gasteiger partial charge >= 0.3 is 5.97 Å². The van der Waals surface area contributed by atoms with Gasteiger partial charge in [0.2, 0.25) is 0 Å². The second-order valence-corrected chi connectivity index (χ2v) is 7.07. The van der Waals surface area contributed by atoms with E-state index in [1.165, 1.54) is 5.56 Å². The maximum atomic E-state index is 12.4. The molecular formula is C23H22N2O4. The fraction of sp³-hybridized carbons (Fsp3) is 0.261. The predicted molar refractivity (Wildman–Crippen MR) is 108 cm³/mol. The highest BCUT2D eigenvalue weighted by atomic mass is 16.5. The number of ether oxygens (including phenoxy) is 1. The van der Waals surface area contributed by atoms with Crippen molar-refractivity contribution in [3.63, 3.8) is 0 Å². The van der Waals surface area contributed by atoms with Crippen molar-refractivity contribution < 1.29 is 18.7 Å². The second kappa shape index (κ2) is 8.31. The Kier molecular flexibility index (Phi) is 5.42. The number of fused-ring (bicyclic) bond motifs is 1. The molecule has 6 nitrogen and oxygen atoms in total. The smallest absolute Gasteiger partial charge is 0.306 e. The number of carbonyl (C=O) groups excluding carboxylic acids is 2. The summed E-state index contributed by atoms with van der Waals surface area (Å²) in [5.41, 5.74) is 4.15. The van der Waals surface area contributed by atoms with Crippen LogP contribution in [0.25, 0.3) is 11.3 Å². The summed E-state index contributed by atoms with van der Waals surface area (Å²) < 4.78 is 10.9. The first-order chi connectivity index (χ1) is 14.1. The van der Waals surface area contributed by atoms with Crippen molar-refractivity contribution in [3.8, 4) is 11.3 Å². The van der Waals surface area contributed by atoms with Crippen molar-refractivity contribution in [1.82, 2.24) is 4.98 Å². The van der Waals surface area contributed by atoms with Gasteiger partial charge in [0.25, 0.3) is 5.91 Å². The maximum Gasteiger partial charge on any atom is 0.306 e. The first-order valence-corrected chi connectivity index (χ1v) is 9.66. The molecule has 0 radical (unpaired) electrons. The summed E-state index contributed by atoms with van der Waals surface area (Å²) in [6.07, 6.45) is 2.91. The minimum absolute atomic E-state index is 0.109. The number of aryl methyl sites for hydroxylation is 2. The average Bonchev–Trinajstić information content (AvgIpc) is 3.38. The van der Waals surface area contributed by atoms with Gasteiger partial charge in [0.1, 0.15) is 0 Å². The first-order valence-electron chi connectivity index (χ1n) is 9.66. The van der Waals surface area contributed by atoms with Crippen LogP contribution in [0.3, 0.4) is 0 Å². The van der Waals surface area contributed by atoms with E-state index in [2.05, 4.69) is 4.98 Å². The Morgan fingerprint density at radius 2 is 1.93 bits per heavy atom. The van der Waals surface area contributed by atoms with Gasteiger partial charge in [-0.1, -0.05) is 48.0 Å². The molecule has 6 heteroatoms. The number of aromatic nitrogens is 1. The van der Waals surface area contributed by atoms with E-state index in [1.54, 1.807) is 11.1 Å². The van der Waals surface area contributed by atoms with Gasteiger partial charge in [-0.05, 0) is 25.0 Å². The summed E-state index contributed by atoms with van der Waals surface area (Å²) >= 11 is 0. The Bertz CT molecular complexity index is 1020. The molecule has 1 aliphatic heterocycles. The highest BCUT2D eigenvalue weighted by Crippen LogP contribution is 2.27. The van der Waals surface area contributed by atoms with Crippen LogP contribution in [0.4, 0.5) is 5.69 Å². The summed E-state index contributed by atoms with van der Waals surface area (Å²) in [6.45, 7) is 2.38. The zero-order valence-electron chi connectivity index (χ0n) is 16.3. The van der Waals surface area contributed by atoms with Gasteiger partial charge in [-0.25, -0.2) is 4.98 Å². The third kappa shape index (κ3) is 4.37. The number of hydrogen-bond acceptors (Lipinski definition) is 5. The predicted octanol–water partition coefficient (Wildman–Crippen LogP) is 3.72. The van der Waals surface area contributed by atoms with Gasteiger partial charge in [0.05, 0.1) is 12.6 Å². The lowest BCUT2D eigenvalue weighted by molar-refractivity contribution is -0.147. The van der Waals surface area contributed by atoms with E-state index in [9.17, 15) is 9.59 Å². The van der Waals surface area contributed by atoms with Crippen molar-refractivity contribution >= 4 is 17.6 Å². The first kappa shape index (κ1) is 18.9. The van der Waals surface area contributed by atoms with Crippen LogP contribution in [-0.4, -0.2) is 30.0 Å². The normalized spacial score (nSPS) is 12.7. The minimum Gasteiger partial charge on any atom is -0.456 e. The molecule has 0 N–H and O–H groups in total. The largest absolute Gasteiger partial charge is 0.456 e. The van der Waals surface area contributed by atoms with Gasteiger partial charge in [-0.3, -0.25) is 9.59 Å². The van der Waals surface area contributed by atoms with Crippen LogP contribution >= 0.6 is 0 Å². The zero-order chi connectivity index (χ0) is 20.2. The molecule has 4 rings (SSSR count). The lowest BCUT2D eigenvalue weighted by Gasteiger charge is -2.17. The molecule has 2 aromatic carbocycles. The molecule has 1 aromatic heterocycles. The minimum atomic E-state index is -0.444. The molecule has 29 heavy (non-hydrogen) atoms. The molecule has 0 aliphatic carbocycles. The van der Waals surface area contributed by atoms with E-state index in [-0.39, 0.29) is 18.9 Å². The Labute approximate surface area is 169 Å². The van der Waals surface area contributed by atoms with Crippen LogP contribution < -0.4 is 4.90 Å². The van der Waals surface area contributed by atoms with E-state index in [0.29, 0.717) is 24.6 Å². The third-order valence-corrected chi connectivity index (χ3v) is 4.98. The van der Waals surface area contributed by atoms with Crippen LogP contribution in [0, 0.1) is 6.92 Å². The van der Waals surface area contributed by atoms with E-state index < -0.39 is 5.97 Å². The Morgan fingerprint density at radius 3 is 2.76 bits per heavy atom. The van der Waals surface area contributed by atoms with Crippen LogP contribution in [0.2, 0.25) is 0 Å². The highest BCUT2D eigenvalue weighted by Gasteiger charge is 2.24. The summed E-state index contributed by atoms with van der Waals surface area (Å²) in [6, 6.07) is 15.7. The number of nitrogens with zero attached hydrogens (tertiary/aromatic N) is 2. The number of amides is 1. The van der Waals surface area contributed by atoms with E-state index in [4.69, 9.17) is 9.15 Å². The summed E-state index contributed by atoms with van der Waals surface area (Å²) in [7, 11) is 0. The lowest BCUT2D eigenvalue weighted by atomic mass is 10.1. The quantitative estimate of drug-likeness (QED) is 0.600. The van der Waals surface area contributed by atoms with Crippen LogP contribution in [0.1, 0.15) is 23.4 Å². The van der Waals surface area contributed by atoms with Gasteiger partial charge in [-0.2, -0.15) is 0 Å². The number of rotatable bonds is 6. The highest BCUT2D eigenvalue weighted by molar-refractivity contribution is 5.97. The maximum absolute atomic E-state index is 12.4. The Balaban J connectivity index is 1.26. The average molecular weight is 390 g/mol. The van der Waals surface area contributed by atoms with Gasteiger partial charge in [-0.15, -0.1) is 0 Å². The van der Waals surface area contributed by atoms with Crippen molar-refractivity contribution in [2.24, 2.45) is 0 Å². The molecule has 0 fully saturated rings. The number of anilines is 1. The molecule has 0 unspecified atom stereocenters. The van der Waals surface area contributed by atoms with E-state index in [1.807, 2.05) is 55.5 Å². The van der Waals surface area contributed by atoms with Gasteiger partial charge in [0, 0.05) is 24.2 Å². The molecule has 1 amide bonds. The van der Waals surface area contributed by atoms with Gasteiger partial charge in [0.15, 0.2) is 18.3 Å². The zero-order valence-corrected chi connectivity index (χ0v) is 16.3. The molecule has 0 atom stereocenters. The third-order valence-electron chi connectivity index (χ3n) is 4.98. The molecule has 148 valence electrons. The number of benzene rings is 2. The van der Waals surface area contributed by atoms with Gasteiger partial charge < -0.3 is 14.1 Å². The van der Waals surface area contributed by atoms with Crippen molar-refractivity contribution in [2.75, 3.05) is 18.1 Å². The fourth-order valence-electron chi connectivity index (χ4n) is 3.38. The standard InChI is InChI=1S/C23H22N2O4/c1-16-6-8-18(9-7-16)20-14-24-21(29-20)10-11-23(27)28-15-22(26)25-13-12-17-4-2-3-5-19(17)25/h2-9,14H,10-13,15H2,1H3. The number of esters is 1. The second-order valence-electron chi connectivity index (χ2n) is 7.07. The molecule has 3 aromatic rings. The van der Waals surface area contributed by atoms with Crippen LogP contribution in [0.5, 0.6) is 0 Å². The van der Waals surface area contributed by atoms with Crippen molar-refractivity contribution in [2.45, 2.75) is 26.2 Å². The molecule has 2 heterocycles. The number of oxazole rings is 1. The SMILES string of the molecule is Cc1ccc(-c2cnc(CCC(=O)OCC(=O)N3CCc4ccccc43)o2)cc1. The lowest BCUT2D eigenvalue weighted by Crippen LogP contribution is -2.33. The summed E-state index contributed by atoms with van der Waals surface area (Å²) in [5, 5.41) is 0. The van der Waals surface area contributed by atoms with Crippen LogP contribution in [0.15, 0.2) is 59.1 Å². The van der Waals surface area contributed by atoms with Crippen molar-refractivity contribution in [3.05, 3.63) is 71.7 Å². The van der Waals surface area contributed by atoms with Crippen LogP contribution in [-0.2, 0) is 27.2 Å². The van der Waals surface area contributed by atoms with E-state index in [0.717, 1.165) is 23.2 Å². The molecule has 0 saturated heterocycles. The Morgan fingerprint density at radius 1 is 1.14 bits per heavy atom. The summed E-state index contributed by atoms with van der Waals surface area (Å²) in [5.74, 6) is 0.482. The van der Waals surface area contributed by atoms with Crippen molar-refractivity contribution in [1.29, 1.82) is 0 Å².